The fraction of sp³-hybridized carbons (Fsp3) is 0.667. The topological polar surface area (TPSA) is 57.5 Å². The predicted molar refractivity (Wildman–Crippen MR) is 119 cm³/mol. The molecule has 0 saturated heterocycles. The summed E-state index contributed by atoms with van der Waals surface area (Å²) in [7, 11) is 0. The Morgan fingerprint density at radius 1 is 1.13 bits per heavy atom. The summed E-state index contributed by atoms with van der Waals surface area (Å²) in [6.07, 6.45) is 15.6. The summed E-state index contributed by atoms with van der Waals surface area (Å²) < 4.78 is 0. The second-order valence-electron chi connectivity index (χ2n) is 11.1. The molecule has 0 spiro atoms. The Balaban J connectivity index is 1.62. The highest BCUT2D eigenvalue weighted by Crippen LogP contribution is 2.65. The third kappa shape index (κ3) is 2.96. The standard InChI is InChI=1S/C27H36O3/c1-16(28)17-10-12-26(2,13-11-17)23-15-27(3)22(8-9-24(27)30)21-6-4-18-14-19(29)5-7-20(18)25(21)23/h10-12,14,16,21-24,28,30H,4-9,13,15H2,1-3H3. The number of rotatable bonds is 2. The fourth-order valence-corrected chi connectivity index (χ4v) is 7.55. The molecule has 0 aliphatic heterocycles. The molecule has 0 heterocycles. The molecule has 0 aromatic heterocycles. The lowest BCUT2D eigenvalue weighted by Gasteiger charge is -2.56. The van der Waals surface area contributed by atoms with Crippen molar-refractivity contribution in [2.24, 2.45) is 28.6 Å². The van der Waals surface area contributed by atoms with Crippen LogP contribution in [0.25, 0.3) is 0 Å². The van der Waals surface area contributed by atoms with Crippen molar-refractivity contribution in [3.05, 3.63) is 46.6 Å². The average molecular weight is 409 g/mol. The minimum absolute atomic E-state index is 0.0147. The first-order chi connectivity index (χ1) is 14.2. The number of aliphatic hydroxyl groups is 2. The van der Waals surface area contributed by atoms with Gasteiger partial charge in [0.05, 0.1) is 12.2 Å². The van der Waals surface area contributed by atoms with E-state index >= 15 is 0 Å². The fourth-order valence-electron chi connectivity index (χ4n) is 7.55. The van der Waals surface area contributed by atoms with E-state index in [2.05, 4.69) is 32.1 Å². The van der Waals surface area contributed by atoms with Crippen LogP contribution in [0.1, 0.15) is 72.1 Å². The van der Waals surface area contributed by atoms with Gasteiger partial charge < -0.3 is 10.2 Å². The third-order valence-corrected chi connectivity index (χ3v) is 9.39. The Labute approximate surface area is 180 Å². The van der Waals surface area contributed by atoms with Gasteiger partial charge in [0.25, 0.3) is 0 Å². The van der Waals surface area contributed by atoms with Crippen LogP contribution in [0.3, 0.4) is 0 Å². The van der Waals surface area contributed by atoms with Gasteiger partial charge in [-0.3, -0.25) is 4.79 Å². The van der Waals surface area contributed by atoms with E-state index in [0.717, 1.165) is 50.5 Å². The van der Waals surface area contributed by atoms with Gasteiger partial charge in [0.2, 0.25) is 0 Å². The van der Waals surface area contributed by atoms with Crippen molar-refractivity contribution in [1.29, 1.82) is 0 Å². The minimum atomic E-state index is -0.431. The smallest absolute Gasteiger partial charge is 0.156 e. The summed E-state index contributed by atoms with van der Waals surface area (Å²) in [6, 6.07) is 0. The van der Waals surface area contributed by atoms with Crippen molar-refractivity contribution in [3.63, 3.8) is 0 Å². The summed E-state index contributed by atoms with van der Waals surface area (Å²) in [5, 5.41) is 21.0. The zero-order valence-electron chi connectivity index (χ0n) is 18.7. The van der Waals surface area contributed by atoms with Gasteiger partial charge in [-0.15, -0.1) is 0 Å². The first kappa shape index (κ1) is 20.5. The molecule has 7 unspecified atom stereocenters. The summed E-state index contributed by atoms with van der Waals surface area (Å²) >= 11 is 0. The molecule has 30 heavy (non-hydrogen) atoms. The highest BCUT2D eigenvalue weighted by atomic mass is 16.3. The number of carbonyl (C=O) groups is 1. The Morgan fingerprint density at radius 3 is 2.63 bits per heavy atom. The van der Waals surface area contributed by atoms with Crippen molar-refractivity contribution >= 4 is 5.78 Å². The van der Waals surface area contributed by atoms with E-state index < -0.39 is 6.10 Å². The van der Waals surface area contributed by atoms with Crippen LogP contribution >= 0.6 is 0 Å². The number of hydrogen-bond acceptors (Lipinski definition) is 3. The third-order valence-electron chi connectivity index (χ3n) is 9.39. The summed E-state index contributed by atoms with van der Waals surface area (Å²) in [5.41, 5.74) is 5.38. The van der Waals surface area contributed by atoms with Crippen LogP contribution in [0.5, 0.6) is 0 Å². The maximum atomic E-state index is 12.1. The Hall–Kier alpha value is -1.45. The first-order valence-corrected chi connectivity index (χ1v) is 11.9. The molecule has 0 bridgehead atoms. The Bertz CT molecular complexity index is 888. The van der Waals surface area contributed by atoms with Gasteiger partial charge in [0.15, 0.2) is 5.78 Å². The number of hydrogen-bond donors (Lipinski definition) is 2. The van der Waals surface area contributed by atoms with Crippen LogP contribution < -0.4 is 0 Å². The lowest BCUT2D eigenvalue weighted by Crippen LogP contribution is -2.49. The largest absolute Gasteiger partial charge is 0.393 e. The van der Waals surface area contributed by atoms with Crippen LogP contribution in [-0.2, 0) is 4.79 Å². The lowest BCUT2D eigenvalue weighted by atomic mass is 9.49. The highest BCUT2D eigenvalue weighted by Gasteiger charge is 2.58. The Morgan fingerprint density at radius 2 is 1.93 bits per heavy atom. The molecular formula is C27H36O3. The molecule has 5 aliphatic rings. The number of aliphatic hydroxyl groups excluding tert-OH is 2. The van der Waals surface area contributed by atoms with Crippen molar-refractivity contribution in [2.45, 2.75) is 84.3 Å². The Kier molecular flexibility index (Phi) is 4.79. The van der Waals surface area contributed by atoms with E-state index in [-0.39, 0.29) is 22.7 Å². The predicted octanol–water partition coefficient (Wildman–Crippen LogP) is 5.05. The van der Waals surface area contributed by atoms with Crippen LogP contribution in [0.4, 0.5) is 0 Å². The molecular weight excluding hydrogens is 372 g/mol. The second kappa shape index (κ2) is 7.03. The van der Waals surface area contributed by atoms with E-state index in [1.54, 1.807) is 5.57 Å². The summed E-state index contributed by atoms with van der Waals surface area (Å²) in [6.45, 7) is 6.54. The molecule has 2 fully saturated rings. The van der Waals surface area contributed by atoms with E-state index in [1.807, 2.05) is 13.0 Å². The molecule has 2 saturated carbocycles. The maximum Gasteiger partial charge on any atom is 0.156 e. The molecule has 5 aliphatic carbocycles. The summed E-state index contributed by atoms with van der Waals surface area (Å²) in [4.78, 5) is 12.1. The zero-order valence-corrected chi connectivity index (χ0v) is 18.7. The molecule has 0 amide bonds. The summed E-state index contributed by atoms with van der Waals surface area (Å²) in [5.74, 6) is 1.77. The number of allylic oxidation sites excluding steroid dienone is 6. The van der Waals surface area contributed by atoms with Gasteiger partial charge in [0, 0.05) is 6.42 Å². The molecule has 0 radical (unpaired) electrons. The van der Waals surface area contributed by atoms with Crippen LogP contribution in [0.2, 0.25) is 0 Å². The van der Waals surface area contributed by atoms with Crippen LogP contribution in [0.15, 0.2) is 46.6 Å². The van der Waals surface area contributed by atoms with Gasteiger partial charge in [0.1, 0.15) is 0 Å². The van der Waals surface area contributed by atoms with Crippen LogP contribution in [0, 0.1) is 28.6 Å². The lowest BCUT2D eigenvalue weighted by molar-refractivity contribution is -0.114. The second-order valence-corrected chi connectivity index (χ2v) is 11.1. The molecule has 0 aromatic carbocycles. The van der Waals surface area contributed by atoms with Gasteiger partial charge in [-0.1, -0.05) is 37.6 Å². The number of ketones is 1. The highest BCUT2D eigenvalue weighted by molar-refractivity contribution is 5.93. The van der Waals surface area contributed by atoms with Gasteiger partial charge in [-0.2, -0.15) is 0 Å². The quantitative estimate of drug-likeness (QED) is 0.672. The number of fused-ring (bicyclic) bond motifs is 4. The van der Waals surface area contributed by atoms with E-state index in [9.17, 15) is 15.0 Å². The van der Waals surface area contributed by atoms with Crippen molar-refractivity contribution in [1.82, 2.24) is 0 Å². The van der Waals surface area contributed by atoms with Crippen molar-refractivity contribution in [3.8, 4) is 0 Å². The number of carbonyl (C=O) groups excluding carboxylic acids is 1. The van der Waals surface area contributed by atoms with Crippen molar-refractivity contribution in [2.75, 3.05) is 0 Å². The minimum Gasteiger partial charge on any atom is -0.393 e. The first-order valence-electron chi connectivity index (χ1n) is 11.9. The van der Waals surface area contributed by atoms with Gasteiger partial charge >= 0.3 is 0 Å². The van der Waals surface area contributed by atoms with Gasteiger partial charge in [-0.05, 0) is 103 Å². The van der Waals surface area contributed by atoms with E-state index in [1.165, 1.54) is 11.1 Å². The van der Waals surface area contributed by atoms with E-state index in [4.69, 9.17) is 0 Å². The zero-order chi connectivity index (χ0) is 21.3. The molecule has 0 aromatic rings. The van der Waals surface area contributed by atoms with Crippen molar-refractivity contribution < 1.29 is 15.0 Å². The van der Waals surface area contributed by atoms with E-state index in [0.29, 0.717) is 24.2 Å². The molecule has 162 valence electrons. The monoisotopic (exact) mass is 408 g/mol. The molecule has 7 atom stereocenters. The molecule has 5 rings (SSSR count). The van der Waals surface area contributed by atoms with Crippen LogP contribution in [-0.4, -0.2) is 28.2 Å². The molecule has 2 N–H and O–H groups in total. The molecule has 3 heteroatoms. The SMILES string of the molecule is CC(O)C1=CCC(C)(C2CC3(C)C(O)CCC3C3CCC4=CC(=O)CCC4=C32)C=C1. The molecule has 3 nitrogen and oxygen atoms in total. The normalized spacial score (nSPS) is 44.1. The maximum absolute atomic E-state index is 12.1. The average Bonchev–Trinajstić information content (AvgIpc) is 3.02. The van der Waals surface area contributed by atoms with Gasteiger partial charge in [-0.25, -0.2) is 0 Å².